The smallest absolute Gasteiger partial charge is 0.321 e. The van der Waals surface area contributed by atoms with E-state index in [9.17, 15) is 4.79 Å². The number of carbonyl (C=O) groups excluding carboxylic acids is 1. The van der Waals surface area contributed by atoms with Gasteiger partial charge in [-0.15, -0.1) is 0 Å². The molecule has 0 atom stereocenters. The lowest BCUT2D eigenvalue weighted by atomic mass is 10.1. The van der Waals surface area contributed by atoms with Gasteiger partial charge in [-0.3, -0.25) is 0 Å². The molecule has 0 saturated carbocycles. The summed E-state index contributed by atoms with van der Waals surface area (Å²) in [5.74, 6) is 0. The third kappa shape index (κ3) is 3.90. The predicted octanol–water partition coefficient (Wildman–Crippen LogP) is 4.42. The number of benzene rings is 2. The van der Waals surface area contributed by atoms with Crippen LogP contribution in [-0.4, -0.2) is 37.1 Å². The highest BCUT2D eigenvalue weighted by molar-refractivity contribution is 9.10. The SMILES string of the molecule is Cc1ccc(N2CCN(C(=O)Nc3cccc(Br)c3)CC2)cc1C. The standard InChI is InChI=1S/C19H22BrN3O/c1-14-6-7-18(12-15(14)2)22-8-10-23(11-9-22)19(24)21-17-5-3-4-16(20)13-17/h3-7,12-13H,8-11H2,1-2H3,(H,21,24). The Morgan fingerprint density at radius 2 is 1.75 bits per heavy atom. The molecule has 24 heavy (non-hydrogen) atoms. The Labute approximate surface area is 151 Å². The Morgan fingerprint density at radius 1 is 1.00 bits per heavy atom. The first-order valence-electron chi connectivity index (χ1n) is 8.16. The van der Waals surface area contributed by atoms with E-state index in [2.05, 4.69) is 58.2 Å². The Hall–Kier alpha value is -2.01. The number of hydrogen-bond donors (Lipinski definition) is 1. The molecule has 3 rings (SSSR count). The second-order valence-electron chi connectivity index (χ2n) is 6.18. The molecule has 126 valence electrons. The molecule has 0 radical (unpaired) electrons. The molecule has 1 saturated heterocycles. The highest BCUT2D eigenvalue weighted by Crippen LogP contribution is 2.21. The fourth-order valence-electron chi connectivity index (χ4n) is 2.86. The Balaban J connectivity index is 1.58. The number of anilines is 2. The van der Waals surface area contributed by atoms with Crippen LogP contribution >= 0.6 is 15.9 Å². The van der Waals surface area contributed by atoms with E-state index in [1.165, 1.54) is 16.8 Å². The molecule has 0 aromatic heterocycles. The first-order chi connectivity index (χ1) is 11.5. The lowest BCUT2D eigenvalue weighted by Gasteiger charge is -2.36. The van der Waals surface area contributed by atoms with Gasteiger partial charge in [0.15, 0.2) is 0 Å². The number of amides is 2. The van der Waals surface area contributed by atoms with Gasteiger partial charge in [-0.2, -0.15) is 0 Å². The van der Waals surface area contributed by atoms with E-state index in [0.717, 1.165) is 36.3 Å². The second kappa shape index (κ2) is 7.26. The molecule has 2 aromatic carbocycles. The second-order valence-corrected chi connectivity index (χ2v) is 7.10. The fraction of sp³-hybridized carbons (Fsp3) is 0.316. The first kappa shape index (κ1) is 16.8. The Morgan fingerprint density at radius 3 is 2.42 bits per heavy atom. The van der Waals surface area contributed by atoms with Gasteiger partial charge in [0.1, 0.15) is 0 Å². The van der Waals surface area contributed by atoms with Gasteiger partial charge in [-0.25, -0.2) is 4.79 Å². The normalized spacial score (nSPS) is 14.6. The molecular formula is C19H22BrN3O. The Kier molecular flexibility index (Phi) is 5.09. The summed E-state index contributed by atoms with van der Waals surface area (Å²) >= 11 is 3.42. The lowest BCUT2D eigenvalue weighted by Crippen LogP contribution is -2.50. The Bertz CT molecular complexity index is 739. The van der Waals surface area contributed by atoms with E-state index < -0.39 is 0 Å². The summed E-state index contributed by atoms with van der Waals surface area (Å²) in [6.45, 7) is 7.44. The van der Waals surface area contributed by atoms with E-state index in [1.807, 2.05) is 29.2 Å². The lowest BCUT2D eigenvalue weighted by molar-refractivity contribution is 0.208. The molecule has 2 aromatic rings. The van der Waals surface area contributed by atoms with Crippen LogP contribution in [0.15, 0.2) is 46.9 Å². The molecular weight excluding hydrogens is 366 g/mol. The maximum atomic E-state index is 12.4. The summed E-state index contributed by atoms with van der Waals surface area (Å²) < 4.78 is 0.958. The monoisotopic (exact) mass is 387 g/mol. The molecule has 0 unspecified atom stereocenters. The van der Waals surface area contributed by atoms with Crippen LogP contribution in [0.25, 0.3) is 0 Å². The molecule has 2 amide bonds. The minimum Gasteiger partial charge on any atom is -0.368 e. The fourth-order valence-corrected chi connectivity index (χ4v) is 3.26. The van der Waals surface area contributed by atoms with Crippen LogP contribution < -0.4 is 10.2 Å². The summed E-state index contributed by atoms with van der Waals surface area (Å²) in [7, 11) is 0. The van der Waals surface area contributed by atoms with Crippen molar-refractivity contribution < 1.29 is 4.79 Å². The summed E-state index contributed by atoms with van der Waals surface area (Å²) in [4.78, 5) is 16.6. The van der Waals surface area contributed by atoms with Crippen molar-refractivity contribution in [1.82, 2.24) is 4.90 Å². The van der Waals surface area contributed by atoms with Crippen LogP contribution in [0.2, 0.25) is 0 Å². The molecule has 1 aliphatic rings. The number of aryl methyl sites for hydroxylation is 2. The van der Waals surface area contributed by atoms with E-state index >= 15 is 0 Å². The van der Waals surface area contributed by atoms with Gasteiger partial charge in [-0.1, -0.05) is 28.1 Å². The van der Waals surface area contributed by atoms with Crippen LogP contribution in [-0.2, 0) is 0 Å². The molecule has 0 aliphatic carbocycles. The van der Waals surface area contributed by atoms with Gasteiger partial charge in [0, 0.05) is 42.0 Å². The van der Waals surface area contributed by atoms with Crippen molar-refractivity contribution in [3.8, 4) is 0 Å². The van der Waals surface area contributed by atoms with Crippen LogP contribution in [0.5, 0.6) is 0 Å². The van der Waals surface area contributed by atoms with E-state index in [0.29, 0.717) is 0 Å². The third-order valence-electron chi connectivity index (χ3n) is 4.50. The highest BCUT2D eigenvalue weighted by Gasteiger charge is 2.21. The number of carbonyl (C=O) groups is 1. The highest BCUT2D eigenvalue weighted by atomic mass is 79.9. The average Bonchev–Trinajstić information content (AvgIpc) is 2.57. The van der Waals surface area contributed by atoms with Crippen LogP contribution in [0.3, 0.4) is 0 Å². The molecule has 0 spiro atoms. The minimum absolute atomic E-state index is 0.0344. The first-order valence-corrected chi connectivity index (χ1v) is 8.96. The maximum Gasteiger partial charge on any atom is 0.321 e. The molecule has 4 nitrogen and oxygen atoms in total. The van der Waals surface area contributed by atoms with Crippen molar-refractivity contribution in [1.29, 1.82) is 0 Å². The summed E-state index contributed by atoms with van der Waals surface area (Å²) in [6.07, 6.45) is 0. The van der Waals surface area contributed by atoms with Crippen LogP contribution in [0.4, 0.5) is 16.2 Å². The number of hydrogen-bond acceptors (Lipinski definition) is 2. The molecule has 5 heteroatoms. The van der Waals surface area contributed by atoms with E-state index in [1.54, 1.807) is 0 Å². The largest absolute Gasteiger partial charge is 0.368 e. The number of halogens is 1. The number of nitrogens with one attached hydrogen (secondary N) is 1. The number of nitrogens with zero attached hydrogens (tertiary/aromatic N) is 2. The zero-order valence-corrected chi connectivity index (χ0v) is 15.6. The molecule has 1 heterocycles. The van der Waals surface area contributed by atoms with Gasteiger partial charge >= 0.3 is 6.03 Å². The molecule has 0 bridgehead atoms. The van der Waals surface area contributed by atoms with Crippen molar-refractivity contribution >= 4 is 33.3 Å². The van der Waals surface area contributed by atoms with Crippen LogP contribution in [0, 0.1) is 13.8 Å². The van der Waals surface area contributed by atoms with Crippen LogP contribution in [0.1, 0.15) is 11.1 Å². The van der Waals surface area contributed by atoms with Crippen molar-refractivity contribution in [3.63, 3.8) is 0 Å². The maximum absolute atomic E-state index is 12.4. The van der Waals surface area contributed by atoms with Gasteiger partial charge in [0.2, 0.25) is 0 Å². The average molecular weight is 388 g/mol. The summed E-state index contributed by atoms with van der Waals surface area (Å²) in [6, 6.07) is 14.2. The molecule has 1 aliphatic heterocycles. The number of piperazine rings is 1. The predicted molar refractivity (Wildman–Crippen MR) is 103 cm³/mol. The zero-order chi connectivity index (χ0) is 17.1. The van der Waals surface area contributed by atoms with Gasteiger partial charge in [0.05, 0.1) is 0 Å². The van der Waals surface area contributed by atoms with Crippen molar-refractivity contribution in [2.75, 3.05) is 36.4 Å². The number of urea groups is 1. The minimum atomic E-state index is -0.0344. The molecule has 1 N–H and O–H groups in total. The van der Waals surface area contributed by atoms with Crippen molar-refractivity contribution in [3.05, 3.63) is 58.1 Å². The topological polar surface area (TPSA) is 35.6 Å². The molecule has 1 fully saturated rings. The van der Waals surface area contributed by atoms with Gasteiger partial charge in [-0.05, 0) is 55.3 Å². The number of rotatable bonds is 2. The van der Waals surface area contributed by atoms with Gasteiger partial charge in [0.25, 0.3) is 0 Å². The van der Waals surface area contributed by atoms with E-state index in [4.69, 9.17) is 0 Å². The van der Waals surface area contributed by atoms with E-state index in [-0.39, 0.29) is 6.03 Å². The summed E-state index contributed by atoms with van der Waals surface area (Å²) in [5, 5.41) is 2.96. The summed E-state index contributed by atoms with van der Waals surface area (Å²) in [5.41, 5.74) is 4.67. The van der Waals surface area contributed by atoms with Crippen molar-refractivity contribution in [2.45, 2.75) is 13.8 Å². The third-order valence-corrected chi connectivity index (χ3v) is 4.99. The quantitative estimate of drug-likeness (QED) is 0.827. The van der Waals surface area contributed by atoms with Crippen molar-refractivity contribution in [2.24, 2.45) is 0 Å². The zero-order valence-electron chi connectivity index (χ0n) is 14.1. The van der Waals surface area contributed by atoms with Gasteiger partial charge < -0.3 is 15.1 Å².